The fourth-order valence-corrected chi connectivity index (χ4v) is 2.90. The number of thioether (sulfide) groups is 1. The molecule has 2 aromatic rings. The lowest BCUT2D eigenvalue weighted by molar-refractivity contribution is -0.113. The summed E-state index contributed by atoms with van der Waals surface area (Å²) in [5, 5.41) is 3.21. The van der Waals surface area contributed by atoms with Crippen LogP contribution in [0.25, 0.3) is 0 Å². The molecule has 1 amide bonds. The number of hydrogen-bond donors (Lipinski definition) is 2. The Bertz CT molecular complexity index is 543. The minimum absolute atomic E-state index is 0.109. The third kappa shape index (κ3) is 3.97. The number of rotatable bonds is 4. The second kappa shape index (κ2) is 6.17. The third-order valence-electron chi connectivity index (χ3n) is 1.84. The van der Waals surface area contributed by atoms with E-state index in [1.54, 1.807) is 18.5 Å². The number of nitrogens with zero attached hydrogens (tertiary/aromatic N) is 2. The van der Waals surface area contributed by atoms with Crippen LogP contribution in [0.1, 0.15) is 0 Å². The summed E-state index contributed by atoms with van der Waals surface area (Å²) in [6, 6.07) is 3.55. The van der Waals surface area contributed by atoms with E-state index in [0.717, 1.165) is 8.68 Å². The molecule has 18 heavy (non-hydrogen) atoms. The normalized spacial score (nSPS) is 10.3. The molecule has 0 aliphatic carbocycles. The zero-order valence-electron chi connectivity index (χ0n) is 9.09. The average Bonchev–Trinajstić information content (AvgIpc) is 2.76. The first-order chi connectivity index (χ1) is 8.63. The number of carbonyl (C=O) groups excluding carboxylic acids is 1. The molecular formula is C10H9BrN4OS2. The molecule has 0 saturated heterocycles. The van der Waals surface area contributed by atoms with Gasteiger partial charge in [0.15, 0.2) is 5.13 Å². The van der Waals surface area contributed by atoms with Crippen molar-refractivity contribution in [1.29, 1.82) is 0 Å². The van der Waals surface area contributed by atoms with Crippen LogP contribution in [0.3, 0.4) is 0 Å². The standard InChI is InChI=1S/C10H9BrN4OS2/c11-6-1-2-7(13-3-6)15-8(16)5-17-9-4-14-10(12)18-9/h1-4H,5H2,(H2,12,14)(H,13,15,16). The van der Waals surface area contributed by atoms with Gasteiger partial charge in [0.25, 0.3) is 0 Å². The molecule has 5 nitrogen and oxygen atoms in total. The number of hydrogen-bond acceptors (Lipinski definition) is 6. The lowest BCUT2D eigenvalue weighted by Crippen LogP contribution is -2.14. The first-order valence-corrected chi connectivity index (χ1v) is 7.48. The summed E-state index contributed by atoms with van der Waals surface area (Å²) in [4.78, 5) is 19.6. The van der Waals surface area contributed by atoms with E-state index in [1.807, 2.05) is 6.07 Å². The van der Waals surface area contributed by atoms with Crippen molar-refractivity contribution in [2.45, 2.75) is 4.21 Å². The third-order valence-corrected chi connectivity index (χ3v) is 4.33. The van der Waals surface area contributed by atoms with Gasteiger partial charge in [0.1, 0.15) is 5.82 Å². The molecule has 2 aromatic heterocycles. The maximum absolute atomic E-state index is 11.6. The average molecular weight is 345 g/mol. The van der Waals surface area contributed by atoms with Gasteiger partial charge in [0.2, 0.25) is 5.91 Å². The number of thiazole rings is 1. The smallest absolute Gasteiger partial charge is 0.235 e. The van der Waals surface area contributed by atoms with E-state index < -0.39 is 0 Å². The summed E-state index contributed by atoms with van der Waals surface area (Å²) in [6.45, 7) is 0. The number of anilines is 2. The van der Waals surface area contributed by atoms with Crippen molar-refractivity contribution in [3.63, 3.8) is 0 Å². The summed E-state index contributed by atoms with van der Waals surface area (Å²) in [6.07, 6.45) is 3.29. The van der Waals surface area contributed by atoms with E-state index in [1.165, 1.54) is 23.1 Å². The van der Waals surface area contributed by atoms with E-state index >= 15 is 0 Å². The first-order valence-electron chi connectivity index (χ1n) is 4.89. The molecule has 0 saturated carbocycles. The number of nitrogens with one attached hydrogen (secondary N) is 1. The highest BCUT2D eigenvalue weighted by Crippen LogP contribution is 2.26. The SMILES string of the molecule is Nc1ncc(SCC(=O)Nc2ccc(Br)cn2)s1. The van der Waals surface area contributed by atoms with Crippen LogP contribution >= 0.6 is 39.0 Å². The van der Waals surface area contributed by atoms with Crippen molar-refractivity contribution in [3.8, 4) is 0 Å². The van der Waals surface area contributed by atoms with Gasteiger partial charge in [-0.15, -0.1) is 11.8 Å². The molecular weight excluding hydrogens is 336 g/mol. The quantitative estimate of drug-likeness (QED) is 0.833. The molecule has 0 atom stereocenters. The zero-order valence-corrected chi connectivity index (χ0v) is 12.3. The number of pyridine rings is 1. The van der Waals surface area contributed by atoms with Gasteiger partial charge in [-0.05, 0) is 28.1 Å². The predicted octanol–water partition coefficient (Wildman–Crippen LogP) is 2.61. The number of amides is 1. The molecule has 0 bridgehead atoms. The van der Waals surface area contributed by atoms with Crippen LogP contribution in [0, 0.1) is 0 Å². The van der Waals surface area contributed by atoms with E-state index in [4.69, 9.17) is 5.73 Å². The van der Waals surface area contributed by atoms with E-state index in [-0.39, 0.29) is 5.91 Å². The summed E-state index contributed by atoms with van der Waals surface area (Å²) in [5.41, 5.74) is 5.50. The van der Waals surface area contributed by atoms with E-state index in [9.17, 15) is 4.79 Å². The zero-order chi connectivity index (χ0) is 13.0. The van der Waals surface area contributed by atoms with Crippen LogP contribution in [0.4, 0.5) is 10.9 Å². The molecule has 94 valence electrons. The number of halogens is 1. The van der Waals surface area contributed by atoms with Gasteiger partial charge in [0, 0.05) is 10.7 Å². The largest absolute Gasteiger partial charge is 0.375 e. The van der Waals surface area contributed by atoms with Crippen LogP contribution in [-0.4, -0.2) is 21.6 Å². The maximum atomic E-state index is 11.6. The molecule has 8 heteroatoms. The van der Waals surface area contributed by atoms with Gasteiger partial charge >= 0.3 is 0 Å². The van der Waals surface area contributed by atoms with Crippen LogP contribution in [-0.2, 0) is 4.79 Å². The van der Waals surface area contributed by atoms with Crippen LogP contribution in [0.15, 0.2) is 33.2 Å². The first kappa shape index (κ1) is 13.3. The highest BCUT2D eigenvalue weighted by Gasteiger charge is 2.06. The predicted molar refractivity (Wildman–Crippen MR) is 77.8 cm³/mol. The molecule has 0 unspecified atom stereocenters. The Kier molecular flexibility index (Phi) is 4.56. The fraction of sp³-hybridized carbons (Fsp3) is 0.100. The van der Waals surface area contributed by atoms with Gasteiger partial charge in [-0.25, -0.2) is 9.97 Å². The second-order valence-electron chi connectivity index (χ2n) is 3.22. The van der Waals surface area contributed by atoms with Gasteiger partial charge in [0.05, 0.1) is 16.2 Å². The number of carbonyl (C=O) groups is 1. The second-order valence-corrected chi connectivity index (χ2v) is 6.47. The van der Waals surface area contributed by atoms with Crippen molar-refractivity contribution in [2.24, 2.45) is 0 Å². The lowest BCUT2D eigenvalue weighted by atomic mass is 10.4. The molecule has 0 spiro atoms. The lowest BCUT2D eigenvalue weighted by Gasteiger charge is -2.03. The van der Waals surface area contributed by atoms with Crippen molar-refractivity contribution >= 4 is 55.9 Å². The highest BCUT2D eigenvalue weighted by molar-refractivity contribution is 9.10. The molecule has 0 fully saturated rings. The van der Waals surface area contributed by atoms with Crippen LogP contribution < -0.4 is 11.1 Å². The van der Waals surface area contributed by atoms with Crippen molar-refractivity contribution in [3.05, 3.63) is 29.0 Å². The van der Waals surface area contributed by atoms with Gasteiger partial charge in [-0.3, -0.25) is 4.79 Å². The maximum Gasteiger partial charge on any atom is 0.235 e. The minimum Gasteiger partial charge on any atom is -0.375 e. The van der Waals surface area contributed by atoms with E-state index in [0.29, 0.717) is 16.7 Å². The molecule has 0 radical (unpaired) electrons. The van der Waals surface area contributed by atoms with Crippen molar-refractivity contribution in [2.75, 3.05) is 16.8 Å². The summed E-state index contributed by atoms with van der Waals surface area (Å²) < 4.78 is 1.79. The molecule has 2 rings (SSSR count). The molecule has 0 aromatic carbocycles. The van der Waals surface area contributed by atoms with Crippen molar-refractivity contribution in [1.82, 2.24) is 9.97 Å². The van der Waals surface area contributed by atoms with Gasteiger partial charge < -0.3 is 11.1 Å². The number of nitrogens with two attached hydrogens (primary N) is 1. The highest BCUT2D eigenvalue weighted by atomic mass is 79.9. The van der Waals surface area contributed by atoms with E-state index in [2.05, 4.69) is 31.2 Å². The topological polar surface area (TPSA) is 80.9 Å². The molecule has 2 heterocycles. The minimum atomic E-state index is -0.109. The Balaban J connectivity index is 1.83. The summed E-state index contributed by atoms with van der Waals surface area (Å²) >= 11 is 6.04. The molecule has 3 N–H and O–H groups in total. The Morgan fingerprint density at radius 2 is 2.28 bits per heavy atom. The molecule has 0 aliphatic heterocycles. The Morgan fingerprint density at radius 1 is 1.44 bits per heavy atom. The molecule has 0 aliphatic rings. The number of nitrogen functional groups attached to an aromatic ring is 1. The Morgan fingerprint density at radius 3 is 2.89 bits per heavy atom. The van der Waals surface area contributed by atoms with Crippen LogP contribution in [0.5, 0.6) is 0 Å². The summed E-state index contributed by atoms with van der Waals surface area (Å²) in [7, 11) is 0. The van der Waals surface area contributed by atoms with Crippen LogP contribution in [0.2, 0.25) is 0 Å². The monoisotopic (exact) mass is 344 g/mol. The summed E-state index contributed by atoms with van der Waals surface area (Å²) in [5.74, 6) is 0.730. The van der Waals surface area contributed by atoms with Gasteiger partial charge in [-0.1, -0.05) is 11.3 Å². The van der Waals surface area contributed by atoms with Gasteiger partial charge in [-0.2, -0.15) is 0 Å². The number of aromatic nitrogens is 2. The Hall–Kier alpha value is -1.12. The fourth-order valence-electron chi connectivity index (χ4n) is 1.10. The Labute approximate surface area is 120 Å². The van der Waals surface area contributed by atoms with Crippen molar-refractivity contribution < 1.29 is 4.79 Å².